The number of aromatic nitrogens is 1. The fourth-order valence-electron chi connectivity index (χ4n) is 2.10. The number of hydrogen-bond donors (Lipinski definition) is 1. The Hall–Kier alpha value is -1.34. The van der Waals surface area contributed by atoms with Crippen molar-refractivity contribution in [3.8, 4) is 21.1 Å². The Bertz CT molecular complexity index is 839. The van der Waals surface area contributed by atoms with Crippen LogP contribution in [0.25, 0.3) is 21.1 Å². The number of carboxylic acids is 1. The Labute approximate surface area is 151 Å². The summed E-state index contributed by atoms with van der Waals surface area (Å²) in [5.74, 6) is -0.859. The number of rotatable bonds is 5. The van der Waals surface area contributed by atoms with Crippen LogP contribution in [0.4, 0.5) is 0 Å². The van der Waals surface area contributed by atoms with E-state index in [9.17, 15) is 4.79 Å². The highest BCUT2D eigenvalue weighted by Gasteiger charge is 2.18. The number of carboxylic acid groups (broad SMARTS) is 1. The van der Waals surface area contributed by atoms with E-state index < -0.39 is 5.97 Å². The molecule has 3 nitrogen and oxygen atoms in total. The van der Waals surface area contributed by atoms with Gasteiger partial charge in [-0.15, -0.1) is 34.4 Å². The molecule has 0 amide bonds. The van der Waals surface area contributed by atoms with E-state index in [2.05, 4.69) is 4.98 Å². The molecular weight excluding hydrogens is 370 g/mol. The van der Waals surface area contributed by atoms with Crippen molar-refractivity contribution in [3.63, 3.8) is 0 Å². The molecule has 3 rings (SSSR count). The van der Waals surface area contributed by atoms with E-state index in [-0.39, 0.29) is 6.42 Å². The van der Waals surface area contributed by atoms with E-state index in [1.165, 1.54) is 27.6 Å². The van der Waals surface area contributed by atoms with E-state index in [1.54, 1.807) is 17.8 Å². The molecule has 0 bridgehead atoms. The van der Waals surface area contributed by atoms with Gasteiger partial charge in [-0.1, -0.05) is 23.7 Å². The van der Waals surface area contributed by atoms with Crippen molar-refractivity contribution >= 4 is 52.0 Å². The lowest BCUT2D eigenvalue weighted by Gasteiger charge is -1.98. The Morgan fingerprint density at radius 1 is 1.22 bits per heavy atom. The highest BCUT2D eigenvalue weighted by atomic mass is 35.5. The zero-order chi connectivity index (χ0) is 16.4. The molecule has 0 atom stereocenters. The molecule has 1 N–H and O–H groups in total. The Morgan fingerprint density at radius 2 is 1.96 bits per heavy atom. The molecule has 7 heteroatoms. The lowest BCUT2D eigenvalue weighted by atomic mass is 10.2. The third kappa shape index (κ3) is 3.77. The summed E-state index contributed by atoms with van der Waals surface area (Å²) < 4.78 is 0.667. The number of hydrogen-bond acceptors (Lipinski definition) is 5. The van der Waals surface area contributed by atoms with Crippen molar-refractivity contribution in [2.45, 2.75) is 11.3 Å². The third-order valence-corrected chi connectivity index (χ3v) is 6.24. The van der Waals surface area contributed by atoms with Gasteiger partial charge in [-0.2, -0.15) is 0 Å². The van der Waals surface area contributed by atoms with Crippen LogP contribution in [0.3, 0.4) is 0 Å². The van der Waals surface area contributed by atoms with Gasteiger partial charge in [0.2, 0.25) is 0 Å². The fourth-order valence-corrected chi connectivity index (χ4v) is 4.71. The van der Waals surface area contributed by atoms with Crippen LogP contribution in [0.15, 0.2) is 41.3 Å². The average Bonchev–Trinajstić information content (AvgIpc) is 3.13. The topological polar surface area (TPSA) is 50.2 Å². The smallest absolute Gasteiger partial charge is 0.308 e. The summed E-state index contributed by atoms with van der Waals surface area (Å²) >= 11 is 10.5. The molecule has 2 heterocycles. The minimum Gasteiger partial charge on any atom is -0.481 e. The summed E-state index contributed by atoms with van der Waals surface area (Å²) in [5, 5.41) is 9.97. The number of thiazole rings is 1. The van der Waals surface area contributed by atoms with Crippen molar-refractivity contribution in [1.82, 2.24) is 4.98 Å². The summed E-state index contributed by atoms with van der Waals surface area (Å²) in [4.78, 5) is 18.6. The average molecular weight is 382 g/mol. The predicted octanol–water partition coefficient (Wildman–Crippen LogP) is 5.54. The second kappa shape index (κ2) is 7.05. The molecule has 0 saturated heterocycles. The van der Waals surface area contributed by atoms with Crippen LogP contribution < -0.4 is 0 Å². The van der Waals surface area contributed by atoms with Gasteiger partial charge in [0.25, 0.3) is 0 Å². The molecule has 0 radical (unpaired) electrons. The summed E-state index contributed by atoms with van der Waals surface area (Å²) in [6.07, 6.45) is 1.99. The van der Waals surface area contributed by atoms with Crippen LogP contribution in [0, 0.1) is 0 Å². The van der Waals surface area contributed by atoms with Crippen LogP contribution >= 0.6 is 46.0 Å². The molecule has 1 aromatic carbocycles. The van der Waals surface area contributed by atoms with E-state index >= 15 is 0 Å². The number of thioether (sulfide) groups is 1. The van der Waals surface area contributed by atoms with Crippen molar-refractivity contribution in [2.24, 2.45) is 0 Å². The molecule has 0 saturated carbocycles. The lowest BCUT2D eigenvalue weighted by Crippen LogP contribution is -1.98. The summed E-state index contributed by atoms with van der Waals surface area (Å²) in [6, 6.07) is 11.8. The molecule has 0 fully saturated rings. The monoisotopic (exact) mass is 381 g/mol. The highest BCUT2D eigenvalue weighted by molar-refractivity contribution is 7.98. The molecular formula is C16H12ClNO2S3. The zero-order valence-corrected chi connectivity index (χ0v) is 15.3. The molecule has 0 aliphatic heterocycles. The minimum absolute atomic E-state index is 0.0363. The molecule has 0 unspecified atom stereocenters. The first-order chi connectivity index (χ1) is 11.1. The maximum absolute atomic E-state index is 11.1. The van der Waals surface area contributed by atoms with Gasteiger partial charge in [0.1, 0.15) is 5.01 Å². The maximum Gasteiger partial charge on any atom is 0.308 e. The van der Waals surface area contributed by atoms with Gasteiger partial charge >= 0.3 is 5.97 Å². The van der Waals surface area contributed by atoms with Gasteiger partial charge in [0, 0.05) is 15.3 Å². The van der Waals surface area contributed by atoms with Gasteiger partial charge < -0.3 is 5.11 Å². The molecule has 3 aromatic rings. The van der Waals surface area contributed by atoms with E-state index in [0.717, 1.165) is 26.0 Å². The van der Waals surface area contributed by atoms with Crippen LogP contribution in [0.1, 0.15) is 4.88 Å². The SMILES string of the molecule is CSc1ccc(-c2nc(-c3ccc(Cl)s3)c(CC(=O)O)s2)cc1. The van der Waals surface area contributed by atoms with Crippen LogP contribution in [0.5, 0.6) is 0 Å². The van der Waals surface area contributed by atoms with Gasteiger partial charge in [0.15, 0.2) is 0 Å². The van der Waals surface area contributed by atoms with E-state index in [0.29, 0.717) is 4.34 Å². The second-order valence-electron chi connectivity index (χ2n) is 4.69. The number of aliphatic carboxylic acids is 1. The summed E-state index contributed by atoms with van der Waals surface area (Å²) in [7, 11) is 0. The first-order valence-electron chi connectivity index (χ1n) is 6.68. The van der Waals surface area contributed by atoms with Crippen molar-refractivity contribution in [2.75, 3.05) is 6.26 Å². The fraction of sp³-hybridized carbons (Fsp3) is 0.125. The van der Waals surface area contributed by atoms with Crippen molar-refractivity contribution in [3.05, 3.63) is 45.6 Å². The molecule has 2 aromatic heterocycles. The molecule has 0 spiro atoms. The van der Waals surface area contributed by atoms with Crippen LogP contribution in [-0.4, -0.2) is 22.3 Å². The number of halogens is 1. The largest absolute Gasteiger partial charge is 0.481 e. The van der Waals surface area contributed by atoms with Crippen LogP contribution in [-0.2, 0) is 11.2 Å². The molecule has 0 aliphatic carbocycles. The minimum atomic E-state index is -0.859. The Balaban J connectivity index is 2.04. The number of nitrogens with zero attached hydrogens (tertiary/aromatic N) is 1. The first kappa shape index (κ1) is 16.5. The third-order valence-electron chi connectivity index (χ3n) is 3.15. The lowest BCUT2D eigenvalue weighted by molar-refractivity contribution is -0.136. The highest BCUT2D eigenvalue weighted by Crippen LogP contribution is 2.38. The summed E-state index contributed by atoms with van der Waals surface area (Å²) in [5.41, 5.74) is 1.71. The number of benzene rings is 1. The van der Waals surface area contributed by atoms with Crippen molar-refractivity contribution in [1.29, 1.82) is 0 Å². The zero-order valence-electron chi connectivity index (χ0n) is 12.1. The van der Waals surface area contributed by atoms with Gasteiger partial charge in [-0.05, 0) is 30.5 Å². The first-order valence-corrected chi connectivity index (χ1v) is 9.92. The van der Waals surface area contributed by atoms with Crippen LogP contribution in [0.2, 0.25) is 4.34 Å². The second-order valence-corrected chi connectivity index (χ2v) is 8.37. The summed E-state index contributed by atoms with van der Waals surface area (Å²) in [6.45, 7) is 0. The Morgan fingerprint density at radius 3 is 2.52 bits per heavy atom. The molecule has 0 aliphatic rings. The van der Waals surface area contributed by atoms with E-state index in [1.807, 2.05) is 36.6 Å². The number of thiophene rings is 1. The molecule has 23 heavy (non-hydrogen) atoms. The predicted molar refractivity (Wildman–Crippen MR) is 99.0 cm³/mol. The van der Waals surface area contributed by atoms with E-state index in [4.69, 9.17) is 16.7 Å². The standard InChI is InChI=1S/C16H12ClNO2S3/c1-21-10-4-2-9(3-5-10)16-18-15(11-6-7-13(17)22-11)12(23-16)8-14(19)20/h2-7H,8H2,1H3,(H,19,20). The van der Waals surface area contributed by atoms with Gasteiger partial charge in [-0.25, -0.2) is 4.98 Å². The quantitative estimate of drug-likeness (QED) is 0.589. The normalized spacial score (nSPS) is 10.9. The van der Waals surface area contributed by atoms with Gasteiger partial charge in [-0.3, -0.25) is 4.79 Å². The van der Waals surface area contributed by atoms with Crippen molar-refractivity contribution < 1.29 is 9.90 Å². The van der Waals surface area contributed by atoms with Gasteiger partial charge in [0.05, 0.1) is 21.3 Å². The number of carbonyl (C=O) groups is 1. The maximum atomic E-state index is 11.1. The Kier molecular flexibility index (Phi) is 5.06. The molecule has 118 valence electrons.